The molecule has 2 heterocycles. The second-order valence-electron chi connectivity index (χ2n) is 8.88. The van der Waals surface area contributed by atoms with Crippen molar-refractivity contribution in [3.63, 3.8) is 0 Å². The highest BCUT2D eigenvalue weighted by molar-refractivity contribution is 8.67. The van der Waals surface area contributed by atoms with E-state index >= 15 is 0 Å². The zero-order chi connectivity index (χ0) is 24.3. The van der Waals surface area contributed by atoms with Crippen molar-refractivity contribution in [1.29, 1.82) is 0 Å². The number of H-pyrrole nitrogens is 1. The van der Waals surface area contributed by atoms with Crippen LogP contribution in [-0.2, 0) is 21.1 Å². The Kier molecular flexibility index (Phi) is 13.0. The Hall–Kier alpha value is -0.440. The zero-order valence-corrected chi connectivity index (χ0v) is 22.8. The molecule has 7 nitrogen and oxygen atoms in total. The fourth-order valence-electron chi connectivity index (χ4n) is 4.12. The summed E-state index contributed by atoms with van der Waals surface area (Å²) in [5.74, 6) is 0.788. The number of ether oxygens (including phenoxy) is 1. The molecule has 33 heavy (non-hydrogen) atoms. The third-order valence-corrected chi connectivity index (χ3v) is 10.4. The summed E-state index contributed by atoms with van der Waals surface area (Å²) >= 11 is 6.75. The predicted molar refractivity (Wildman–Crippen MR) is 141 cm³/mol. The average Bonchev–Trinajstić information content (AvgIpc) is 3.16. The summed E-state index contributed by atoms with van der Waals surface area (Å²) in [7, 11) is 0. The van der Waals surface area contributed by atoms with E-state index in [1.807, 2.05) is 6.92 Å². The minimum atomic E-state index is -2.99. The number of hydrogen-bond donors (Lipinski definition) is 2. The highest BCUT2D eigenvalue weighted by atomic mass is 32.9. The fraction of sp³-hybridized carbons (Fsp3) is 0.826. The van der Waals surface area contributed by atoms with Crippen LogP contribution >= 0.6 is 17.1 Å². The molecule has 1 aliphatic heterocycles. The van der Waals surface area contributed by atoms with Crippen molar-refractivity contribution in [3.8, 4) is 0 Å². The van der Waals surface area contributed by atoms with Crippen molar-refractivity contribution in [2.45, 2.75) is 116 Å². The van der Waals surface area contributed by atoms with E-state index in [1.165, 1.54) is 73.5 Å². The SMILES string of the molecule is CCCCCCCCCCCCS[P@@](O)(=S)O[C@H]1C[C@H](n2cc(C)c(=O)[nH]c2=O)O[C@@H]1CC. The van der Waals surface area contributed by atoms with Gasteiger partial charge in [-0.2, -0.15) is 0 Å². The van der Waals surface area contributed by atoms with E-state index in [2.05, 4.69) is 11.9 Å². The minimum Gasteiger partial charge on any atom is -0.352 e. The van der Waals surface area contributed by atoms with Crippen LogP contribution < -0.4 is 11.2 Å². The van der Waals surface area contributed by atoms with E-state index in [-0.39, 0.29) is 12.2 Å². The van der Waals surface area contributed by atoms with Gasteiger partial charge in [0, 0.05) is 23.9 Å². The molecule has 4 atom stereocenters. The maximum Gasteiger partial charge on any atom is 0.330 e. The first-order valence-corrected chi connectivity index (χ1v) is 16.7. The topological polar surface area (TPSA) is 93.5 Å². The first kappa shape index (κ1) is 28.8. The van der Waals surface area contributed by atoms with Crippen molar-refractivity contribution in [2.24, 2.45) is 0 Å². The summed E-state index contributed by atoms with van der Waals surface area (Å²) in [6.07, 6.45) is 14.1. The highest BCUT2D eigenvalue weighted by Crippen LogP contribution is 2.59. The van der Waals surface area contributed by atoms with Gasteiger partial charge in [-0.3, -0.25) is 14.3 Å². The largest absolute Gasteiger partial charge is 0.352 e. The monoisotopic (exact) mass is 520 g/mol. The molecule has 0 bridgehead atoms. The Balaban J connectivity index is 1.73. The molecule has 0 aromatic carbocycles. The molecule has 1 fully saturated rings. The molecule has 0 unspecified atom stereocenters. The second kappa shape index (κ2) is 14.8. The van der Waals surface area contributed by atoms with Gasteiger partial charge in [-0.25, -0.2) is 4.79 Å². The molecule has 0 radical (unpaired) electrons. The van der Waals surface area contributed by atoms with Gasteiger partial charge < -0.3 is 14.2 Å². The van der Waals surface area contributed by atoms with Gasteiger partial charge in [0.25, 0.3) is 5.56 Å². The van der Waals surface area contributed by atoms with Crippen molar-refractivity contribution in [1.82, 2.24) is 9.55 Å². The van der Waals surface area contributed by atoms with Crippen molar-refractivity contribution < 1.29 is 14.2 Å². The van der Waals surface area contributed by atoms with E-state index in [0.717, 1.165) is 18.6 Å². The van der Waals surface area contributed by atoms with Crippen LogP contribution in [0.3, 0.4) is 0 Å². The predicted octanol–water partition coefficient (Wildman–Crippen LogP) is 5.80. The summed E-state index contributed by atoms with van der Waals surface area (Å²) in [6, 6.07) is 0. The van der Waals surface area contributed by atoms with Crippen LogP contribution in [0.4, 0.5) is 0 Å². The van der Waals surface area contributed by atoms with Gasteiger partial charge >= 0.3 is 5.69 Å². The second-order valence-corrected chi connectivity index (χ2v) is 15.1. The first-order chi connectivity index (χ1) is 15.8. The Morgan fingerprint density at radius 3 is 2.36 bits per heavy atom. The lowest BCUT2D eigenvalue weighted by molar-refractivity contribution is -0.0175. The summed E-state index contributed by atoms with van der Waals surface area (Å²) in [4.78, 5) is 36.9. The summed E-state index contributed by atoms with van der Waals surface area (Å²) < 4.78 is 13.4. The average molecular weight is 521 g/mol. The number of aromatic amines is 1. The number of rotatable bonds is 16. The summed E-state index contributed by atoms with van der Waals surface area (Å²) in [5.41, 5.74) is -3.46. The van der Waals surface area contributed by atoms with Gasteiger partial charge in [0.05, 0.1) is 12.2 Å². The van der Waals surface area contributed by atoms with Crippen LogP contribution in [-0.4, -0.2) is 32.4 Å². The molecule has 1 saturated heterocycles. The fourth-order valence-corrected chi connectivity index (χ4v) is 7.90. The molecular formula is C23H41N2O5PS2. The van der Waals surface area contributed by atoms with Crippen molar-refractivity contribution in [3.05, 3.63) is 32.6 Å². The molecule has 1 aromatic rings. The third-order valence-electron chi connectivity index (χ3n) is 6.06. The Morgan fingerprint density at radius 2 is 1.76 bits per heavy atom. The van der Waals surface area contributed by atoms with Gasteiger partial charge in [-0.15, -0.1) is 0 Å². The van der Waals surface area contributed by atoms with E-state index in [0.29, 0.717) is 18.4 Å². The number of nitrogens with zero attached hydrogens (tertiary/aromatic N) is 1. The molecule has 1 aromatic heterocycles. The normalized spacial score (nSPS) is 22.5. The van der Waals surface area contributed by atoms with Crippen LogP contribution in [0.15, 0.2) is 15.8 Å². The number of aromatic nitrogens is 2. The molecule has 1 aliphatic rings. The molecule has 0 aliphatic carbocycles. The van der Waals surface area contributed by atoms with Crippen LogP contribution in [0, 0.1) is 6.92 Å². The smallest absolute Gasteiger partial charge is 0.330 e. The molecule has 0 spiro atoms. The zero-order valence-electron chi connectivity index (χ0n) is 20.3. The number of aryl methyl sites for hydroxylation is 1. The van der Waals surface area contributed by atoms with Crippen LogP contribution in [0.1, 0.15) is 103 Å². The van der Waals surface area contributed by atoms with Gasteiger partial charge in [-0.1, -0.05) is 83.0 Å². The van der Waals surface area contributed by atoms with Crippen LogP contribution in [0.5, 0.6) is 0 Å². The molecule has 10 heteroatoms. The molecule has 2 N–H and O–H groups in total. The van der Waals surface area contributed by atoms with Crippen molar-refractivity contribution in [2.75, 3.05) is 5.75 Å². The summed E-state index contributed by atoms with van der Waals surface area (Å²) in [5, 5.41) is 0. The molecule has 0 amide bonds. The summed E-state index contributed by atoms with van der Waals surface area (Å²) in [6.45, 7) is 5.86. The quantitative estimate of drug-likeness (QED) is 0.210. The Bertz CT molecular complexity index is 875. The van der Waals surface area contributed by atoms with Gasteiger partial charge in [0.15, 0.2) is 0 Å². The lowest BCUT2D eigenvalue weighted by Gasteiger charge is -2.22. The minimum absolute atomic E-state index is 0.262. The molecular weight excluding hydrogens is 479 g/mol. The van der Waals surface area contributed by atoms with Crippen molar-refractivity contribution >= 4 is 28.9 Å². The van der Waals surface area contributed by atoms with E-state index in [4.69, 9.17) is 21.1 Å². The molecule has 190 valence electrons. The van der Waals surface area contributed by atoms with Gasteiger partial charge in [0.1, 0.15) is 6.23 Å². The standard InChI is InChI=1S/C23H41N2O5PS2/c1-4-6-7-8-9-10-11-12-13-14-15-33-31(28,32)30-20-16-21(29-19(20)5-2)25-17-18(3)22(26)24-23(25)27/h17,19-21H,4-16H2,1-3H3,(H,28,32)(H,24,26,27)/t19-,20+,21-,31-/m1/s1. The lowest BCUT2D eigenvalue weighted by atomic mass is 10.1. The third kappa shape index (κ3) is 9.98. The maximum absolute atomic E-state index is 12.2. The highest BCUT2D eigenvalue weighted by Gasteiger charge is 2.39. The van der Waals surface area contributed by atoms with E-state index in [9.17, 15) is 14.5 Å². The van der Waals surface area contributed by atoms with Crippen LogP contribution in [0.25, 0.3) is 0 Å². The number of hydrogen-bond acceptors (Lipinski definition) is 6. The number of nitrogens with one attached hydrogen (secondary N) is 1. The van der Waals surface area contributed by atoms with Crippen LogP contribution in [0.2, 0.25) is 0 Å². The molecule has 2 rings (SSSR count). The Labute approximate surface area is 207 Å². The van der Waals surface area contributed by atoms with E-state index in [1.54, 1.807) is 6.92 Å². The first-order valence-electron chi connectivity index (χ1n) is 12.4. The van der Waals surface area contributed by atoms with Gasteiger partial charge in [0.2, 0.25) is 5.69 Å². The number of unbranched alkanes of at least 4 members (excludes halogenated alkanes) is 9. The Morgan fingerprint density at radius 1 is 1.15 bits per heavy atom. The van der Waals surface area contributed by atoms with Gasteiger partial charge in [-0.05, 0) is 31.6 Å². The lowest BCUT2D eigenvalue weighted by Crippen LogP contribution is -2.33. The van der Waals surface area contributed by atoms with E-state index < -0.39 is 23.2 Å². The maximum atomic E-state index is 12.2. The molecule has 0 saturated carbocycles.